The summed E-state index contributed by atoms with van der Waals surface area (Å²) in [6.45, 7) is 11.1. The molecule has 2 nitrogen and oxygen atoms in total. The Morgan fingerprint density at radius 2 is 2.06 bits per heavy atom. The van der Waals surface area contributed by atoms with E-state index >= 15 is 0 Å². The van der Waals surface area contributed by atoms with Crippen LogP contribution in [0.2, 0.25) is 0 Å². The second kappa shape index (κ2) is 5.83. The first kappa shape index (κ1) is 12.1. The van der Waals surface area contributed by atoms with Crippen molar-refractivity contribution in [2.24, 2.45) is 5.92 Å². The van der Waals surface area contributed by atoms with Crippen molar-refractivity contribution >= 4 is 0 Å². The average Bonchev–Trinajstić information content (AvgIpc) is 3.10. The maximum absolute atomic E-state index is 4.20. The molecule has 0 atom stereocenters. The fourth-order valence-electron chi connectivity index (χ4n) is 2.16. The Hall–Kier alpha value is -0.340. The zero-order valence-electron chi connectivity index (χ0n) is 10.7. The van der Waals surface area contributed by atoms with Crippen LogP contribution >= 0.6 is 0 Å². The first-order chi connectivity index (χ1) is 7.78. The van der Waals surface area contributed by atoms with Crippen LogP contribution in [-0.4, -0.2) is 37.1 Å². The Labute approximate surface area is 100 Å². The first-order valence-corrected chi connectivity index (χ1v) is 6.90. The molecule has 2 rings (SSSR count). The number of nitrogens with one attached hydrogen (secondary N) is 1. The molecular weight excluding hydrogens is 196 g/mol. The van der Waals surface area contributed by atoms with E-state index in [2.05, 4.69) is 23.7 Å². The van der Waals surface area contributed by atoms with Gasteiger partial charge in [0.15, 0.2) is 0 Å². The summed E-state index contributed by atoms with van der Waals surface area (Å²) in [4.78, 5) is 2.59. The van der Waals surface area contributed by atoms with E-state index in [1.54, 1.807) is 0 Å². The van der Waals surface area contributed by atoms with Crippen LogP contribution in [-0.2, 0) is 0 Å². The fraction of sp³-hybridized carbons (Fsp3) is 0.857. The molecule has 92 valence electrons. The van der Waals surface area contributed by atoms with Crippen molar-refractivity contribution in [3.8, 4) is 0 Å². The van der Waals surface area contributed by atoms with Crippen molar-refractivity contribution in [2.45, 2.75) is 45.1 Å². The van der Waals surface area contributed by atoms with Crippen molar-refractivity contribution in [3.63, 3.8) is 0 Å². The summed E-state index contributed by atoms with van der Waals surface area (Å²) in [7, 11) is 0. The molecule has 16 heavy (non-hydrogen) atoms. The molecule has 0 aliphatic heterocycles. The Morgan fingerprint density at radius 1 is 1.31 bits per heavy atom. The molecule has 1 N–H and O–H groups in total. The minimum Gasteiger partial charge on any atom is -0.310 e. The molecule has 0 saturated heterocycles. The van der Waals surface area contributed by atoms with Gasteiger partial charge in [-0.3, -0.25) is 4.90 Å². The lowest BCUT2D eigenvalue weighted by atomic mass is 10.2. The van der Waals surface area contributed by atoms with E-state index in [-0.39, 0.29) is 0 Å². The van der Waals surface area contributed by atoms with Crippen LogP contribution in [0.25, 0.3) is 0 Å². The van der Waals surface area contributed by atoms with E-state index in [4.69, 9.17) is 0 Å². The van der Waals surface area contributed by atoms with E-state index in [9.17, 15) is 0 Å². The predicted molar refractivity (Wildman–Crippen MR) is 69.6 cm³/mol. The number of hydrogen-bond donors (Lipinski definition) is 1. The van der Waals surface area contributed by atoms with Gasteiger partial charge in [-0.05, 0) is 50.1 Å². The highest BCUT2D eigenvalue weighted by atomic mass is 15.1. The van der Waals surface area contributed by atoms with Gasteiger partial charge in [-0.2, -0.15) is 0 Å². The molecule has 0 aromatic rings. The predicted octanol–water partition coefficient (Wildman–Crippen LogP) is 2.42. The maximum atomic E-state index is 4.20. The molecule has 0 aromatic heterocycles. The van der Waals surface area contributed by atoms with Gasteiger partial charge < -0.3 is 5.32 Å². The monoisotopic (exact) mass is 222 g/mol. The summed E-state index contributed by atoms with van der Waals surface area (Å²) in [6, 6.07) is 0.805. The van der Waals surface area contributed by atoms with Gasteiger partial charge in [0.1, 0.15) is 0 Å². The lowest BCUT2D eigenvalue weighted by molar-refractivity contribution is 0.283. The standard InChI is InChI=1S/C14H26N2/c1-3-8-16(11-13-4-5-13)10-12(2)9-15-14-6-7-14/h13-15H,2-11H2,1H3. The molecular formula is C14H26N2. The van der Waals surface area contributed by atoms with Gasteiger partial charge >= 0.3 is 0 Å². The minimum atomic E-state index is 0.805. The van der Waals surface area contributed by atoms with Gasteiger partial charge in [-0.25, -0.2) is 0 Å². The third kappa shape index (κ3) is 4.67. The summed E-state index contributed by atoms with van der Waals surface area (Å²) in [5, 5.41) is 3.55. The SMILES string of the molecule is C=C(CNC1CC1)CN(CCC)CC1CC1. The van der Waals surface area contributed by atoms with Gasteiger partial charge in [-0.15, -0.1) is 0 Å². The average molecular weight is 222 g/mol. The zero-order chi connectivity index (χ0) is 11.4. The largest absolute Gasteiger partial charge is 0.310 e. The first-order valence-electron chi connectivity index (χ1n) is 6.90. The summed E-state index contributed by atoms with van der Waals surface area (Å²) in [5.41, 5.74) is 1.36. The van der Waals surface area contributed by atoms with Crippen molar-refractivity contribution in [1.82, 2.24) is 10.2 Å². The third-order valence-corrected chi connectivity index (χ3v) is 3.42. The number of hydrogen-bond acceptors (Lipinski definition) is 2. The Kier molecular flexibility index (Phi) is 4.42. The van der Waals surface area contributed by atoms with Crippen molar-refractivity contribution in [2.75, 3.05) is 26.2 Å². The van der Waals surface area contributed by atoms with Gasteiger partial charge in [0.2, 0.25) is 0 Å². The molecule has 0 amide bonds. The van der Waals surface area contributed by atoms with Gasteiger partial charge in [0, 0.05) is 25.7 Å². The zero-order valence-corrected chi connectivity index (χ0v) is 10.7. The van der Waals surface area contributed by atoms with Crippen LogP contribution in [0.3, 0.4) is 0 Å². The highest BCUT2D eigenvalue weighted by Crippen LogP contribution is 2.29. The molecule has 0 heterocycles. The molecule has 2 heteroatoms. The number of nitrogens with zero attached hydrogens (tertiary/aromatic N) is 1. The highest BCUT2D eigenvalue weighted by Gasteiger charge is 2.24. The fourth-order valence-corrected chi connectivity index (χ4v) is 2.16. The van der Waals surface area contributed by atoms with E-state index < -0.39 is 0 Å². The van der Waals surface area contributed by atoms with Gasteiger partial charge in [-0.1, -0.05) is 13.5 Å². The molecule has 2 aliphatic rings. The second-order valence-electron chi connectivity index (χ2n) is 5.58. The van der Waals surface area contributed by atoms with Crippen LogP contribution in [0.5, 0.6) is 0 Å². The van der Waals surface area contributed by atoms with E-state index in [1.807, 2.05) is 0 Å². The van der Waals surface area contributed by atoms with E-state index in [0.29, 0.717) is 0 Å². The van der Waals surface area contributed by atoms with E-state index in [0.717, 1.165) is 25.0 Å². The molecule has 0 radical (unpaired) electrons. The van der Waals surface area contributed by atoms with Crippen LogP contribution < -0.4 is 5.32 Å². The molecule has 0 spiro atoms. The second-order valence-corrected chi connectivity index (χ2v) is 5.58. The highest BCUT2D eigenvalue weighted by molar-refractivity contribution is 5.02. The molecule has 2 saturated carbocycles. The smallest absolute Gasteiger partial charge is 0.0202 e. The lowest BCUT2D eigenvalue weighted by Gasteiger charge is -2.22. The number of rotatable bonds is 9. The molecule has 0 unspecified atom stereocenters. The molecule has 0 aromatic carbocycles. The van der Waals surface area contributed by atoms with Crippen molar-refractivity contribution < 1.29 is 0 Å². The van der Waals surface area contributed by atoms with Crippen molar-refractivity contribution in [3.05, 3.63) is 12.2 Å². The van der Waals surface area contributed by atoms with E-state index in [1.165, 1.54) is 50.8 Å². The Balaban J connectivity index is 1.63. The summed E-state index contributed by atoms with van der Waals surface area (Å²) in [5.74, 6) is 0.996. The molecule has 2 aliphatic carbocycles. The van der Waals surface area contributed by atoms with Crippen LogP contribution in [0, 0.1) is 5.92 Å². The Bertz CT molecular complexity index is 229. The topological polar surface area (TPSA) is 15.3 Å². The Morgan fingerprint density at radius 3 is 2.62 bits per heavy atom. The van der Waals surface area contributed by atoms with Crippen LogP contribution in [0.15, 0.2) is 12.2 Å². The third-order valence-electron chi connectivity index (χ3n) is 3.42. The van der Waals surface area contributed by atoms with Crippen molar-refractivity contribution in [1.29, 1.82) is 0 Å². The minimum absolute atomic E-state index is 0.805. The van der Waals surface area contributed by atoms with Crippen LogP contribution in [0.1, 0.15) is 39.0 Å². The maximum Gasteiger partial charge on any atom is 0.0202 e. The quantitative estimate of drug-likeness (QED) is 0.603. The lowest BCUT2D eigenvalue weighted by Crippen LogP contribution is -2.32. The molecule has 0 bridgehead atoms. The summed E-state index contributed by atoms with van der Waals surface area (Å²) >= 11 is 0. The summed E-state index contributed by atoms with van der Waals surface area (Å²) in [6.07, 6.45) is 6.90. The van der Waals surface area contributed by atoms with Gasteiger partial charge in [0.05, 0.1) is 0 Å². The summed E-state index contributed by atoms with van der Waals surface area (Å²) < 4.78 is 0. The van der Waals surface area contributed by atoms with Gasteiger partial charge in [0.25, 0.3) is 0 Å². The van der Waals surface area contributed by atoms with Crippen LogP contribution in [0.4, 0.5) is 0 Å². The normalized spacial score (nSPS) is 20.4. The molecule has 2 fully saturated rings.